The average molecular weight is 383 g/mol. The van der Waals surface area contributed by atoms with Crippen molar-refractivity contribution in [1.29, 1.82) is 0 Å². The third kappa shape index (κ3) is 3.84. The molecule has 3 atom stereocenters. The molecule has 6 heteroatoms. The number of aromatic nitrogens is 2. The van der Waals surface area contributed by atoms with Gasteiger partial charge in [0, 0.05) is 50.3 Å². The summed E-state index contributed by atoms with van der Waals surface area (Å²) in [6, 6.07) is 10.7. The number of amides is 1. The number of hydrogen-bond donors (Lipinski definition) is 1. The van der Waals surface area contributed by atoms with Crippen molar-refractivity contribution in [2.75, 3.05) is 20.2 Å². The topological polar surface area (TPSA) is 59.4 Å². The number of nitrogens with zero attached hydrogens (tertiary/aromatic N) is 3. The smallest absolute Gasteiger partial charge is 0.223 e. The second-order valence-electron chi connectivity index (χ2n) is 8.57. The first-order valence-corrected chi connectivity index (χ1v) is 10.1. The van der Waals surface area contributed by atoms with Crippen LogP contribution in [0.25, 0.3) is 0 Å². The predicted molar refractivity (Wildman–Crippen MR) is 108 cm³/mol. The monoisotopic (exact) mass is 382 g/mol. The number of rotatable bonds is 6. The Morgan fingerprint density at radius 3 is 2.79 bits per heavy atom. The fourth-order valence-corrected chi connectivity index (χ4v) is 4.55. The van der Waals surface area contributed by atoms with Gasteiger partial charge in [-0.25, -0.2) is 0 Å². The molecule has 4 rings (SSSR count). The Labute approximate surface area is 166 Å². The van der Waals surface area contributed by atoms with Gasteiger partial charge in [0.15, 0.2) is 0 Å². The van der Waals surface area contributed by atoms with E-state index >= 15 is 0 Å². The minimum atomic E-state index is -0.148. The molecule has 1 amide bonds. The zero-order chi connectivity index (χ0) is 19.7. The highest BCUT2D eigenvalue weighted by Crippen LogP contribution is 2.37. The van der Waals surface area contributed by atoms with Crippen LogP contribution in [0.5, 0.6) is 0 Å². The molecule has 1 aromatic carbocycles. The minimum Gasteiger partial charge on any atom is -0.374 e. The summed E-state index contributed by atoms with van der Waals surface area (Å²) in [6.45, 7) is 6.61. The molecule has 0 aliphatic carbocycles. The van der Waals surface area contributed by atoms with Crippen LogP contribution in [0.15, 0.2) is 42.7 Å². The molecule has 2 aliphatic rings. The molecule has 0 spiro atoms. The number of nitrogens with one attached hydrogen (secondary N) is 1. The first-order valence-electron chi connectivity index (χ1n) is 10.1. The number of ether oxygens (including phenoxy) is 1. The van der Waals surface area contributed by atoms with Crippen molar-refractivity contribution in [3.05, 3.63) is 53.9 Å². The average Bonchev–Trinajstić information content (AvgIpc) is 3.33. The van der Waals surface area contributed by atoms with Gasteiger partial charge in [-0.05, 0) is 25.8 Å². The molecule has 150 valence electrons. The van der Waals surface area contributed by atoms with Gasteiger partial charge in [0.2, 0.25) is 5.91 Å². The normalized spacial score (nSPS) is 26.9. The third-order valence-electron chi connectivity index (χ3n) is 6.22. The van der Waals surface area contributed by atoms with Gasteiger partial charge < -0.3 is 15.0 Å². The Kier molecular flexibility index (Phi) is 5.25. The van der Waals surface area contributed by atoms with Crippen molar-refractivity contribution in [2.24, 2.45) is 5.92 Å². The number of benzene rings is 1. The minimum absolute atomic E-state index is 0.0648. The number of carbonyl (C=O) groups excluding carboxylic acids is 1. The van der Waals surface area contributed by atoms with Crippen LogP contribution in [0, 0.1) is 5.92 Å². The second kappa shape index (κ2) is 7.68. The standard InChI is InChI=1S/C22H30N4O2/c1-22(2)19(9-10-28-22)23-12-17-11-20(27)25(3)21(17)18-13-24-26(15-18)14-16-7-5-4-6-8-16/h4-8,13,15,17,19,21,23H,9-12,14H2,1-3H3/t17-,19?,21+/m0/s1. The van der Waals surface area contributed by atoms with Gasteiger partial charge in [0.1, 0.15) is 0 Å². The number of carbonyl (C=O) groups is 1. The summed E-state index contributed by atoms with van der Waals surface area (Å²) in [7, 11) is 1.91. The van der Waals surface area contributed by atoms with Crippen molar-refractivity contribution >= 4 is 5.91 Å². The van der Waals surface area contributed by atoms with Crippen LogP contribution in [0.4, 0.5) is 0 Å². The van der Waals surface area contributed by atoms with Gasteiger partial charge in [0.25, 0.3) is 0 Å². The van der Waals surface area contributed by atoms with E-state index < -0.39 is 0 Å². The number of hydrogen-bond acceptors (Lipinski definition) is 4. The predicted octanol–water partition coefficient (Wildman–Crippen LogP) is 2.61. The van der Waals surface area contributed by atoms with E-state index in [2.05, 4.69) is 42.6 Å². The van der Waals surface area contributed by atoms with E-state index in [9.17, 15) is 4.79 Å². The molecule has 3 heterocycles. The van der Waals surface area contributed by atoms with Crippen LogP contribution in [-0.2, 0) is 16.1 Å². The van der Waals surface area contributed by atoms with E-state index in [0.29, 0.717) is 12.5 Å². The molecule has 6 nitrogen and oxygen atoms in total. The van der Waals surface area contributed by atoms with Crippen LogP contribution < -0.4 is 5.32 Å². The van der Waals surface area contributed by atoms with E-state index in [4.69, 9.17) is 4.74 Å². The van der Waals surface area contributed by atoms with Gasteiger partial charge in [-0.1, -0.05) is 30.3 Å². The Hall–Kier alpha value is -2.18. The van der Waals surface area contributed by atoms with Gasteiger partial charge in [-0.3, -0.25) is 9.48 Å². The molecular formula is C22H30N4O2. The van der Waals surface area contributed by atoms with Crippen molar-refractivity contribution < 1.29 is 9.53 Å². The molecule has 0 radical (unpaired) electrons. The molecule has 1 N–H and O–H groups in total. The largest absolute Gasteiger partial charge is 0.374 e. The lowest BCUT2D eigenvalue weighted by Crippen LogP contribution is -2.45. The lowest BCUT2D eigenvalue weighted by Gasteiger charge is -2.29. The maximum atomic E-state index is 12.4. The fourth-order valence-electron chi connectivity index (χ4n) is 4.55. The summed E-state index contributed by atoms with van der Waals surface area (Å²) >= 11 is 0. The van der Waals surface area contributed by atoms with Gasteiger partial charge in [-0.15, -0.1) is 0 Å². The van der Waals surface area contributed by atoms with Gasteiger partial charge in [0.05, 0.1) is 24.4 Å². The molecule has 2 saturated heterocycles. The van der Waals surface area contributed by atoms with E-state index in [-0.39, 0.29) is 23.5 Å². The maximum absolute atomic E-state index is 12.4. The quantitative estimate of drug-likeness (QED) is 0.834. The summed E-state index contributed by atoms with van der Waals surface area (Å²) in [4.78, 5) is 14.3. The summed E-state index contributed by atoms with van der Waals surface area (Å²) in [5.41, 5.74) is 2.18. The first-order chi connectivity index (χ1) is 13.4. The highest BCUT2D eigenvalue weighted by atomic mass is 16.5. The summed E-state index contributed by atoms with van der Waals surface area (Å²) in [6.07, 6.45) is 5.59. The van der Waals surface area contributed by atoms with Crippen LogP contribution in [0.3, 0.4) is 0 Å². The Balaban J connectivity index is 1.46. The molecule has 2 aliphatic heterocycles. The van der Waals surface area contributed by atoms with Crippen molar-refractivity contribution in [3.63, 3.8) is 0 Å². The summed E-state index contributed by atoms with van der Waals surface area (Å²) in [5, 5.41) is 8.22. The highest BCUT2D eigenvalue weighted by molar-refractivity contribution is 5.79. The van der Waals surface area contributed by atoms with Crippen molar-refractivity contribution in [1.82, 2.24) is 20.0 Å². The van der Waals surface area contributed by atoms with Crippen LogP contribution >= 0.6 is 0 Å². The van der Waals surface area contributed by atoms with Crippen molar-refractivity contribution in [3.8, 4) is 0 Å². The SMILES string of the molecule is CN1C(=O)C[C@@H](CNC2CCOC2(C)C)[C@@H]1c1cnn(Cc2ccccc2)c1. The first kappa shape index (κ1) is 19.2. The lowest BCUT2D eigenvalue weighted by atomic mass is 9.93. The maximum Gasteiger partial charge on any atom is 0.223 e. The molecule has 1 unspecified atom stereocenters. The lowest BCUT2D eigenvalue weighted by molar-refractivity contribution is -0.127. The second-order valence-corrected chi connectivity index (χ2v) is 8.57. The number of likely N-dealkylation sites (tertiary alicyclic amines) is 1. The van der Waals surface area contributed by atoms with Crippen LogP contribution in [0.1, 0.15) is 43.9 Å². The molecule has 0 saturated carbocycles. The molecule has 2 fully saturated rings. The highest BCUT2D eigenvalue weighted by Gasteiger charge is 2.41. The zero-order valence-electron chi connectivity index (χ0n) is 17.0. The zero-order valence-corrected chi connectivity index (χ0v) is 17.0. The fraction of sp³-hybridized carbons (Fsp3) is 0.545. The summed E-state index contributed by atoms with van der Waals surface area (Å²) < 4.78 is 7.79. The summed E-state index contributed by atoms with van der Waals surface area (Å²) in [5.74, 6) is 0.442. The van der Waals surface area contributed by atoms with E-state index in [1.54, 1.807) is 0 Å². The molecule has 28 heavy (non-hydrogen) atoms. The van der Waals surface area contributed by atoms with Gasteiger partial charge >= 0.3 is 0 Å². The van der Waals surface area contributed by atoms with Crippen molar-refractivity contribution in [2.45, 2.75) is 50.9 Å². The van der Waals surface area contributed by atoms with Crippen LogP contribution in [-0.4, -0.2) is 52.4 Å². The Bertz CT molecular complexity index is 817. The molecule has 2 aromatic rings. The Morgan fingerprint density at radius 2 is 2.07 bits per heavy atom. The van der Waals surface area contributed by atoms with Gasteiger partial charge in [-0.2, -0.15) is 5.10 Å². The van der Waals surface area contributed by atoms with E-state index in [1.165, 1.54) is 5.56 Å². The molecule has 0 bridgehead atoms. The van der Waals surface area contributed by atoms with E-state index in [1.807, 2.05) is 41.0 Å². The van der Waals surface area contributed by atoms with Crippen LogP contribution in [0.2, 0.25) is 0 Å². The third-order valence-corrected chi connectivity index (χ3v) is 6.22. The molecular weight excluding hydrogens is 352 g/mol. The Morgan fingerprint density at radius 1 is 1.29 bits per heavy atom. The van der Waals surface area contributed by atoms with E-state index in [0.717, 1.165) is 31.7 Å². The molecule has 1 aromatic heterocycles.